The first-order valence-corrected chi connectivity index (χ1v) is 8.41. The molecule has 1 aromatic heterocycles. The molecule has 1 aliphatic rings. The fourth-order valence-electron chi connectivity index (χ4n) is 3.05. The number of aromatic nitrogens is 2. The minimum Gasteiger partial charge on any atom is -0.367 e. The van der Waals surface area contributed by atoms with E-state index in [1.54, 1.807) is 6.20 Å². The average Bonchev–Trinajstić information content (AvgIpc) is 2.63. The summed E-state index contributed by atoms with van der Waals surface area (Å²) in [5.74, 6) is 0.237. The van der Waals surface area contributed by atoms with Gasteiger partial charge in [0.05, 0.1) is 11.2 Å². The molecule has 1 saturated heterocycles. The Bertz CT molecular complexity index is 890. The van der Waals surface area contributed by atoms with Crippen LogP contribution in [0.1, 0.15) is 0 Å². The van der Waals surface area contributed by atoms with Crippen molar-refractivity contribution in [2.45, 2.75) is 0 Å². The molecule has 0 radical (unpaired) electrons. The van der Waals surface area contributed by atoms with Crippen molar-refractivity contribution >= 4 is 28.2 Å². The van der Waals surface area contributed by atoms with Crippen molar-refractivity contribution in [3.63, 3.8) is 0 Å². The Labute approximate surface area is 146 Å². The van der Waals surface area contributed by atoms with Crippen molar-refractivity contribution in [2.24, 2.45) is 0 Å². The first-order valence-electron chi connectivity index (χ1n) is 8.41. The highest BCUT2D eigenvalue weighted by Gasteiger charge is 2.17. The number of piperazine rings is 1. The average molecular weight is 337 g/mol. The maximum Gasteiger partial charge on any atom is 0.227 e. The summed E-state index contributed by atoms with van der Waals surface area (Å²) in [6.07, 6.45) is 1.76. The van der Waals surface area contributed by atoms with Gasteiger partial charge in [0.25, 0.3) is 0 Å². The molecule has 3 aromatic rings. The monoisotopic (exact) mass is 337 g/mol. The number of benzene rings is 2. The Morgan fingerprint density at radius 1 is 1.04 bits per heavy atom. The van der Waals surface area contributed by atoms with Gasteiger partial charge in [0.1, 0.15) is 5.82 Å². The van der Waals surface area contributed by atoms with Crippen molar-refractivity contribution < 1.29 is 4.39 Å². The molecule has 1 fully saturated rings. The van der Waals surface area contributed by atoms with Gasteiger partial charge in [0.15, 0.2) is 0 Å². The molecule has 25 heavy (non-hydrogen) atoms. The summed E-state index contributed by atoms with van der Waals surface area (Å²) < 4.78 is 14.6. The number of nitrogens with one attached hydrogen (secondary N) is 1. The zero-order chi connectivity index (χ0) is 17.2. The van der Waals surface area contributed by atoms with Crippen LogP contribution in [0.4, 0.5) is 21.7 Å². The van der Waals surface area contributed by atoms with E-state index in [4.69, 9.17) is 0 Å². The third-order valence-electron chi connectivity index (χ3n) is 4.54. The molecule has 0 spiro atoms. The summed E-state index contributed by atoms with van der Waals surface area (Å²) in [4.78, 5) is 13.1. The first-order chi connectivity index (χ1) is 12.2. The van der Waals surface area contributed by atoms with Gasteiger partial charge in [-0.25, -0.2) is 14.4 Å². The molecule has 128 valence electrons. The third kappa shape index (κ3) is 3.39. The second kappa shape index (κ2) is 6.64. The Morgan fingerprint density at radius 2 is 1.84 bits per heavy atom. The second-order valence-electron chi connectivity index (χ2n) is 6.33. The van der Waals surface area contributed by atoms with Gasteiger partial charge in [0, 0.05) is 43.4 Å². The van der Waals surface area contributed by atoms with Crippen LogP contribution in [0.15, 0.2) is 48.7 Å². The number of fused-ring (bicyclic) bond motifs is 1. The van der Waals surface area contributed by atoms with Crippen LogP contribution in [0.2, 0.25) is 0 Å². The normalized spacial score (nSPS) is 15.5. The van der Waals surface area contributed by atoms with Crippen LogP contribution >= 0.6 is 0 Å². The quantitative estimate of drug-likeness (QED) is 0.795. The van der Waals surface area contributed by atoms with Crippen LogP contribution in [0, 0.1) is 5.82 Å². The number of hydrogen-bond acceptors (Lipinski definition) is 5. The summed E-state index contributed by atoms with van der Waals surface area (Å²) in [5, 5.41) is 4.06. The van der Waals surface area contributed by atoms with Crippen molar-refractivity contribution in [3.8, 4) is 0 Å². The molecular formula is C19H20FN5. The van der Waals surface area contributed by atoms with Gasteiger partial charge in [-0.15, -0.1) is 0 Å². The standard InChI is InChI=1S/C19H20FN5/c1-24-8-10-25(11-9-24)18-7-6-15(12-16(18)20)22-19-21-13-14-4-2-3-5-17(14)23-19/h2-7,12-13H,8-11H2,1H3,(H,21,22,23). The summed E-state index contributed by atoms with van der Waals surface area (Å²) in [6.45, 7) is 3.58. The lowest BCUT2D eigenvalue weighted by Gasteiger charge is -2.34. The lowest BCUT2D eigenvalue weighted by molar-refractivity contribution is 0.311. The lowest BCUT2D eigenvalue weighted by atomic mass is 10.2. The van der Waals surface area contributed by atoms with E-state index in [0.717, 1.165) is 37.1 Å². The number of halogens is 1. The van der Waals surface area contributed by atoms with Crippen molar-refractivity contribution in [1.82, 2.24) is 14.9 Å². The van der Waals surface area contributed by atoms with E-state index in [-0.39, 0.29) is 5.82 Å². The molecule has 2 heterocycles. The van der Waals surface area contributed by atoms with Gasteiger partial charge in [-0.2, -0.15) is 0 Å². The number of likely N-dealkylation sites (N-methyl/N-ethyl adjacent to an activating group) is 1. The highest BCUT2D eigenvalue weighted by molar-refractivity contribution is 5.78. The second-order valence-corrected chi connectivity index (χ2v) is 6.33. The number of para-hydroxylation sites is 1. The smallest absolute Gasteiger partial charge is 0.227 e. The highest BCUT2D eigenvalue weighted by atomic mass is 19.1. The zero-order valence-corrected chi connectivity index (χ0v) is 14.1. The molecule has 1 aliphatic heterocycles. The van der Waals surface area contributed by atoms with Crippen LogP contribution in [-0.4, -0.2) is 48.1 Å². The van der Waals surface area contributed by atoms with Gasteiger partial charge in [-0.3, -0.25) is 0 Å². The predicted octanol–water partition coefficient (Wildman–Crippen LogP) is 3.26. The van der Waals surface area contributed by atoms with Crippen LogP contribution < -0.4 is 10.2 Å². The van der Waals surface area contributed by atoms with Crippen LogP contribution in [0.5, 0.6) is 0 Å². The molecule has 6 heteroatoms. The minimum atomic E-state index is -0.227. The van der Waals surface area contributed by atoms with Gasteiger partial charge >= 0.3 is 0 Å². The molecule has 0 aliphatic carbocycles. The molecule has 0 saturated carbocycles. The first kappa shape index (κ1) is 15.8. The minimum absolute atomic E-state index is 0.227. The molecule has 0 atom stereocenters. The SMILES string of the molecule is CN1CCN(c2ccc(Nc3ncc4ccccc4n3)cc2F)CC1. The molecule has 2 aromatic carbocycles. The molecule has 0 unspecified atom stereocenters. The maximum atomic E-state index is 14.6. The van der Waals surface area contributed by atoms with Gasteiger partial charge in [0.2, 0.25) is 5.95 Å². The predicted molar refractivity (Wildman–Crippen MR) is 98.9 cm³/mol. The maximum absolute atomic E-state index is 14.6. The van der Waals surface area contributed by atoms with E-state index in [9.17, 15) is 4.39 Å². The number of rotatable bonds is 3. The Balaban J connectivity index is 1.53. The molecule has 0 bridgehead atoms. The van der Waals surface area contributed by atoms with E-state index < -0.39 is 0 Å². The Kier molecular flexibility index (Phi) is 4.19. The van der Waals surface area contributed by atoms with E-state index in [1.807, 2.05) is 36.4 Å². The van der Waals surface area contributed by atoms with E-state index in [2.05, 4.69) is 32.1 Å². The summed E-state index contributed by atoms with van der Waals surface area (Å²) >= 11 is 0. The molecule has 4 rings (SSSR count). The van der Waals surface area contributed by atoms with Gasteiger partial charge in [-0.1, -0.05) is 18.2 Å². The van der Waals surface area contributed by atoms with Crippen LogP contribution in [-0.2, 0) is 0 Å². The van der Waals surface area contributed by atoms with Crippen molar-refractivity contribution in [2.75, 3.05) is 43.4 Å². The fourth-order valence-corrected chi connectivity index (χ4v) is 3.05. The number of nitrogens with zero attached hydrogens (tertiary/aromatic N) is 4. The highest BCUT2D eigenvalue weighted by Crippen LogP contribution is 2.25. The summed E-state index contributed by atoms with van der Waals surface area (Å²) in [7, 11) is 2.09. The zero-order valence-electron chi connectivity index (χ0n) is 14.1. The summed E-state index contributed by atoms with van der Waals surface area (Å²) in [5.41, 5.74) is 2.15. The topological polar surface area (TPSA) is 44.3 Å². The molecular weight excluding hydrogens is 317 g/mol. The fraction of sp³-hybridized carbons (Fsp3) is 0.263. The van der Waals surface area contributed by atoms with Gasteiger partial charge in [-0.05, 0) is 31.3 Å². The van der Waals surface area contributed by atoms with Crippen molar-refractivity contribution in [3.05, 3.63) is 54.5 Å². The van der Waals surface area contributed by atoms with Gasteiger partial charge < -0.3 is 15.1 Å². The van der Waals surface area contributed by atoms with Crippen LogP contribution in [0.25, 0.3) is 10.9 Å². The van der Waals surface area contributed by atoms with E-state index in [1.165, 1.54) is 6.07 Å². The Morgan fingerprint density at radius 3 is 2.64 bits per heavy atom. The van der Waals surface area contributed by atoms with E-state index >= 15 is 0 Å². The van der Waals surface area contributed by atoms with E-state index in [0.29, 0.717) is 17.3 Å². The molecule has 1 N–H and O–H groups in total. The Hall–Kier alpha value is -2.73. The summed E-state index contributed by atoms with van der Waals surface area (Å²) in [6, 6.07) is 13.0. The molecule has 0 amide bonds. The number of anilines is 3. The largest absolute Gasteiger partial charge is 0.367 e. The third-order valence-corrected chi connectivity index (χ3v) is 4.54. The molecule has 5 nitrogen and oxygen atoms in total. The number of hydrogen-bond donors (Lipinski definition) is 1. The van der Waals surface area contributed by atoms with Crippen molar-refractivity contribution in [1.29, 1.82) is 0 Å². The van der Waals surface area contributed by atoms with Crippen LogP contribution in [0.3, 0.4) is 0 Å². The lowest BCUT2D eigenvalue weighted by Crippen LogP contribution is -2.44.